The predicted octanol–water partition coefficient (Wildman–Crippen LogP) is 5.85. The molecule has 1 N–H and O–H groups in total. The van der Waals surface area contributed by atoms with Crippen molar-refractivity contribution in [1.82, 2.24) is 4.72 Å². The summed E-state index contributed by atoms with van der Waals surface area (Å²) in [5, 5.41) is 0. The van der Waals surface area contributed by atoms with Crippen LogP contribution in [0.4, 0.5) is 5.69 Å². The quantitative estimate of drug-likeness (QED) is 0.248. The molecule has 0 bridgehead atoms. The zero-order valence-electron chi connectivity index (χ0n) is 18.6. The molecular formula is C26H23BrN2O5S. The molecule has 180 valence electrons. The number of para-hydroxylation sites is 1. The van der Waals surface area contributed by atoms with Gasteiger partial charge in [-0.05, 0) is 79.2 Å². The number of carbonyl (C=O) groups is 1. The standard InChI is InChI=1S/C26H23BrN2O5S/c27-20-9-15-24(16-10-20)35(31,32)28-17-5-18-29(26(30)25-8-4-19-33-25)21-11-13-23(14-12-21)34-22-6-2-1-3-7-22/h1-4,6-16,19,28H,5,17-18H2. The molecule has 3 aromatic carbocycles. The molecule has 1 aromatic heterocycles. The number of amides is 1. The molecule has 0 fully saturated rings. The van der Waals surface area contributed by atoms with E-state index in [4.69, 9.17) is 9.15 Å². The summed E-state index contributed by atoms with van der Waals surface area (Å²) in [6, 6.07) is 26.2. The van der Waals surface area contributed by atoms with Gasteiger partial charge in [0.2, 0.25) is 10.0 Å². The van der Waals surface area contributed by atoms with Crippen molar-refractivity contribution in [1.29, 1.82) is 0 Å². The van der Waals surface area contributed by atoms with Crippen LogP contribution in [-0.2, 0) is 10.0 Å². The first-order valence-electron chi connectivity index (χ1n) is 10.9. The molecule has 7 nitrogen and oxygen atoms in total. The van der Waals surface area contributed by atoms with Gasteiger partial charge in [0.1, 0.15) is 11.5 Å². The summed E-state index contributed by atoms with van der Waals surface area (Å²) in [5.74, 6) is 1.22. The smallest absolute Gasteiger partial charge is 0.293 e. The molecule has 0 aliphatic heterocycles. The molecule has 0 aliphatic carbocycles. The van der Waals surface area contributed by atoms with Gasteiger partial charge in [0.25, 0.3) is 5.91 Å². The number of benzene rings is 3. The largest absolute Gasteiger partial charge is 0.459 e. The lowest BCUT2D eigenvalue weighted by Crippen LogP contribution is -2.34. The molecule has 0 unspecified atom stereocenters. The zero-order valence-corrected chi connectivity index (χ0v) is 21.0. The van der Waals surface area contributed by atoms with E-state index in [1.54, 1.807) is 53.4 Å². The van der Waals surface area contributed by atoms with Crippen molar-refractivity contribution in [2.75, 3.05) is 18.0 Å². The molecule has 0 radical (unpaired) electrons. The minimum atomic E-state index is -3.65. The van der Waals surface area contributed by atoms with Crippen LogP contribution in [0.3, 0.4) is 0 Å². The van der Waals surface area contributed by atoms with Crippen LogP contribution in [-0.4, -0.2) is 27.4 Å². The SMILES string of the molecule is O=C(c1ccco1)N(CCCNS(=O)(=O)c1ccc(Br)cc1)c1ccc(Oc2ccccc2)cc1. The number of nitrogens with zero attached hydrogens (tertiary/aromatic N) is 1. The number of hydrogen-bond donors (Lipinski definition) is 1. The van der Waals surface area contributed by atoms with Gasteiger partial charge in [-0.1, -0.05) is 34.1 Å². The van der Waals surface area contributed by atoms with Crippen LogP contribution in [0.15, 0.2) is 111 Å². The normalized spacial score (nSPS) is 11.2. The Labute approximate surface area is 212 Å². The van der Waals surface area contributed by atoms with Crippen molar-refractivity contribution in [3.05, 3.63) is 107 Å². The van der Waals surface area contributed by atoms with Gasteiger partial charge in [-0.25, -0.2) is 13.1 Å². The summed E-state index contributed by atoms with van der Waals surface area (Å²) in [7, 11) is -3.65. The van der Waals surface area contributed by atoms with E-state index in [-0.39, 0.29) is 29.7 Å². The van der Waals surface area contributed by atoms with Crippen LogP contribution < -0.4 is 14.4 Å². The van der Waals surface area contributed by atoms with E-state index >= 15 is 0 Å². The Bertz CT molecular complexity index is 1340. The number of nitrogens with one attached hydrogen (secondary N) is 1. The Kier molecular flexibility index (Phi) is 8.02. The van der Waals surface area contributed by atoms with E-state index in [9.17, 15) is 13.2 Å². The number of rotatable bonds is 10. The van der Waals surface area contributed by atoms with Crippen molar-refractivity contribution >= 4 is 37.5 Å². The molecule has 0 atom stereocenters. The number of halogens is 1. The summed E-state index contributed by atoms with van der Waals surface area (Å²) in [6.45, 7) is 0.441. The van der Waals surface area contributed by atoms with Crippen molar-refractivity contribution in [3.8, 4) is 11.5 Å². The second-order valence-electron chi connectivity index (χ2n) is 7.55. The molecule has 1 amide bonds. The fraction of sp³-hybridized carbons (Fsp3) is 0.115. The van der Waals surface area contributed by atoms with Crippen LogP contribution >= 0.6 is 15.9 Å². The fourth-order valence-corrected chi connectivity index (χ4v) is 4.68. The molecule has 35 heavy (non-hydrogen) atoms. The van der Waals surface area contributed by atoms with E-state index in [0.29, 0.717) is 23.6 Å². The lowest BCUT2D eigenvalue weighted by molar-refractivity contribution is 0.0960. The molecule has 0 saturated carbocycles. The third kappa shape index (κ3) is 6.60. The highest BCUT2D eigenvalue weighted by Crippen LogP contribution is 2.25. The molecule has 4 aromatic rings. The number of furan rings is 1. The molecule has 1 heterocycles. The molecular weight excluding hydrogens is 532 g/mol. The van der Waals surface area contributed by atoms with Crippen molar-refractivity contribution in [3.63, 3.8) is 0 Å². The minimum absolute atomic E-state index is 0.162. The van der Waals surface area contributed by atoms with Crippen LogP contribution in [0.1, 0.15) is 17.0 Å². The van der Waals surface area contributed by atoms with E-state index in [0.717, 1.165) is 4.47 Å². The first kappa shape index (κ1) is 24.7. The fourth-order valence-electron chi connectivity index (χ4n) is 3.34. The zero-order chi connectivity index (χ0) is 24.7. The number of ether oxygens (including phenoxy) is 1. The maximum Gasteiger partial charge on any atom is 0.293 e. The lowest BCUT2D eigenvalue weighted by atomic mass is 10.2. The van der Waals surface area contributed by atoms with E-state index < -0.39 is 10.0 Å². The number of anilines is 1. The summed E-state index contributed by atoms with van der Waals surface area (Å²) >= 11 is 3.30. The van der Waals surface area contributed by atoms with Gasteiger partial charge in [-0.15, -0.1) is 0 Å². The van der Waals surface area contributed by atoms with Crippen molar-refractivity contribution < 1.29 is 22.4 Å². The van der Waals surface area contributed by atoms with Gasteiger partial charge in [0, 0.05) is 23.2 Å². The van der Waals surface area contributed by atoms with E-state index in [1.807, 2.05) is 30.3 Å². The Balaban J connectivity index is 1.43. The van der Waals surface area contributed by atoms with Crippen molar-refractivity contribution in [2.45, 2.75) is 11.3 Å². The summed E-state index contributed by atoms with van der Waals surface area (Å²) in [5.41, 5.74) is 0.641. The first-order valence-corrected chi connectivity index (χ1v) is 13.1. The van der Waals surface area contributed by atoms with Gasteiger partial charge in [-0.3, -0.25) is 4.79 Å². The number of sulfonamides is 1. The third-order valence-electron chi connectivity index (χ3n) is 5.08. The maximum atomic E-state index is 13.1. The Morgan fingerprint density at radius 3 is 2.23 bits per heavy atom. The van der Waals surface area contributed by atoms with Crippen LogP contribution in [0.2, 0.25) is 0 Å². The Morgan fingerprint density at radius 2 is 1.57 bits per heavy atom. The van der Waals surface area contributed by atoms with Gasteiger partial charge in [0.15, 0.2) is 5.76 Å². The van der Waals surface area contributed by atoms with Gasteiger partial charge >= 0.3 is 0 Å². The predicted molar refractivity (Wildman–Crippen MR) is 137 cm³/mol. The highest BCUT2D eigenvalue weighted by Gasteiger charge is 2.21. The monoisotopic (exact) mass is 554 g/mol. The first-order chi connectivity index (χ1) is 16.9. The van der Waals surface area contributed by atoms with Crippen LogP contribution in [0, 0.1) is 0 Å². The van der Waals surface area contributed by atoms with Crippen LogP contribution in [0.25, 0.3) is 0 Å². The second kappa shape index (κ2) is 11.4. The summed E-state index contributed by atoms with van der Waals surface area (Å²) in [4.78, 5) is 14.8. The molecule has 0 spiro atoms. The number of hydrogen-bond acceptors (Lipinski definition) is 5. The minimum Gasteiger partial charge on any atom is -0.459 e. The molecule has 9 heteroatoms. The maximum absolute atomic E-state index is 13.1. The van der Waals surface area contributed by atoms with E-state index in [2.05, 4.69) is 20.7 Å². The van der Waals surface area contributed by atoms with Crippen molar-refractivity contribution in [2.24, 2.45) is 0 Å². The highest BCUT2D eigenvalue weighted by molar-refractivity contribution is 9.10. The molecule has 0 saturated heterocycles. The number of carbonyl (C=O) groups excluding carboxylic acids is 1. The Morgan fingerprint density at radius 1 is 0.886 bits per heavy atom. The van der Waals surface area contributed by atoms with E-state index in [1.165, 1.54) is 18.4 Å². The molecule has 4 rings (SSSR count). The summed E-state index contributed by atoms with van der Waals surface area (Å²) in [6.07, 6.45) is 1.83. The highest BCUT2D eigenvalue weighted by atomic mass is 79.9. The topological polar surface area (TPSA) is 88.9 Å². The third-order valence-corrected chi connectivity index (χ3v) is 7.08. The lowest BCUT2D eigenvalue weighted by Gasteiger charge is -2.22. The van der Waals surface area contributed by atoms with Gasteiger partial charge in [0.05, 0.1) is 11.2 Å². The molecule has 0 aliphatic rings. The average molecular weight is 555 g/mol. The van der Waals surface area contributed by atoms with Gasteiger partial charge in [-0.2, -0.15) is 0 Å². The van der Waals surface area contributed by atoms with Crippen LogP contribution in [0.5, 0.6) is 11.5 Å². The average Bonchev–Trinajstić information content (AvgIpc) is 3.41. The summed E-state index contributed by atoms with van der Waals surface area (Å²) < 4.78 is 39.6. The van der Waals surface area contributed by atoms with Gasteiger partial charge < -0.3 is 14.1 Å². The second-order valence-corrected chi connectivity index (χ2v) is 10.2. The Hall–Kier alpha value is -3.40.